The highest BCUT2D eigenvalue weighted by molar-refractivity contribution is 6.04. The number of esters is 1. The molecule has 2 N–H and O–H groups in total. The van der Waals surface area contributed by atoms with Gasteiger partial charge in [0.05, 0.1) is 24.5 Å². The summed E-state index contributed by atoms with van der Waals surface area (Å²) in [5, 5.41) is 0. The second-order valence-corrected chi connectivity index (χ2v) is 5.91. The first-order valence-corrected chi connectivity index (χ1v) is 8.04. The molecule has 0 aliphatic rings. The number of fused-ring (bicyclic) bond motifs is 1. The molecular weight excluding hydrogens is 318 g/mol. The molecule has 6 nitrogen and oxygen atoms in total. The number of carbonyl (C=O) groups is 1. The Morgan fingerprint density at radius 1 is 1.24 bits per heavy atom. The first-order valence-electron chi connectivity index (χ1n) is 8.04. The molecule has 1 atom stereocenters. The third kappa shape index (κ3) is 3.64. The summed E-state index contributed by atoms with van der Waals surface area (Å²) in [4.78, 5) is 16.5. The van der Waals surface area contributed by atoms with Crippen LogP contribution in [0, 0.1) is 0 Å². The van der Waals surface area contributed by atoms with E-state index in [-0.39, 0.29) is 6.04 Å². The number of rotatable bonds is 6. The van der Waals surface area contributed by atoms with E-state index < -0.39 is 5.97 Å². The Kier molecular flexibility index (Phi) is 5.00. The van der Waals surface area contributed by atoms with E-state index in [9.17, 15) is 4.79 Å². The van der Waals surface area contributed by atoms with Crippen molar-refractivity contribution < 1.29 is 14.3 Å². The summed E-state index contributed by atoms with van der Waals surface area (Å²) in [5.74, 6) is -0.00714. The van der Waals surface area contributed by atoms with Gasteiger partial charge < -0.3 is 19.8 Å². The number of benzene rings is 2. The molecule has 1 aromatic heterocycles. The van der Waals surface area contributed by atoms with Crippen LogP contribution >= 0.6 is 0 Å². The van der Waals surface area contributed by atoms with E-state index in [1.807, 2.05) is 43.4 Å². The van der Waals surface area contributed by atoms with Crippen molar-refractivity contribution in [1.82, 2.24) is 9.55 Å². The summed E-state index contributed by atoms with van der Waals surface area (Å²) in [6.07, 6.45) is 2.35. The lowest BCUT2D eigenvalue weighted by Crippen LogP contribution is -2.30. The minimum Gasteiger partial charge on any atom is -0.491 e. The third-order valence-electron chi connectivity index (χ3n) is 4.02. The van der Waals surface area contributed by atoms with Crippen molar-refractivity contribution in [3.63, 3.8) is 0 Å². The SMILES string of the molecule is COC(=O)c1c(OCC(N)Cc2ccccc2)ccc2ncn(C)c12. The standard InChI is InChI=1S/C19H21N3O3/c1-22-12-21-15-8-9-16(17(18(15)22)19(23)24-2)25-11-14(20)10-13-6-4-3-5-7-13/h3-9,12,14H,10-11,20H2,1-2H3. The van der Waals surface area contributed by atoms with Crippen LogP contribution in [0.1, 0.15) is 15.9 Å². The Balaban J connectivity index is 1.81. The molecular formula is C19H21N3O3. The van der Waals surface area contributed by atoms with Gasteiger partial charge in [-0.05, 0) is 24.1 Å². The molecule has 0 saturated carbocycles. The number of imidazole rings is 1. The Morgan fingerprint density at radius 3 is 2.72 bits per heavy atom. The van der Waals surface area contributed by atoms with Gasteiger partial charge in [-0.1, -0.05) is 30.3 Å². The van der Waals surface area contributed by atoms with Crippen LogP contribution in [0.25, 0.3) is 11.0 Å². The lowest BCUT2D eigenvalue weighted by molar-refractivity contribution is 0.0597. The minimum absolute atomic E-state index is 0.185. The quantitative estimate of drug-likeness (QED) is 0.697. The number of aryl methyl sites for hydroxylation is 1. The molecule has 0 aliphatic carbocycles. The van der Waals surface area contributed by atoms with Gasteiger partial charge in [0.15, 0.2) is 0 Å². The lowest BCUT2D eigenvalue weighted by Gasteiger charge is -2.16. The predicted molar refractivity (Wildman–Crippen MR) is 95.7 cm³/mol. The van der Waals surface area contributed by atoms with Crippen LogP contribution in [0.2, 0.25) is 0 Å². The predicted octanol–water partition coefficient (Wildman–Crippen LogP) is 2.31. The maximum atomic E-state index is 12.3. The van der Waals surface area contributed by atoms with Gasteiger partial charge in [-0.25, -0.2) is 9.78 Å². The maximum absolute atomic E-state index is 12.3. The topological polar surface area (TPSA) is 79.4 Å². The molecule has 0 radical (unpaired) electrons. The molecule has 0 fully saturated rings. The first kappa shape index (κ1) is 17.0. The van der Waals surface area contributed by atoms with Crippen molar-refractivity contribution in [2.45, 2.75) is 12.5 Å². The molecule has 0 aliphatic heterocycles. The van der Waals surface area contributed by atoms with E-state index in [4.69, 9.17) is 15.2 Å². The van der Waals surface area contributed by atoms with Gasteiger partial charge in [-0.15, -0.1) is 0 Å². The number of hydrogen-bond donors (Lipinski definition) is 1. The molecule has 130 valence electrons. The van der Waals surface area contributed by atoms with Crippen LogP contribution in [0.3, 0.4) is 0 Å². The molecule has 6 heteroatoms. The zero-order valence-electron chi connectivity index (χ0n) is 14.3. The summed E-state index contributed by atoms with van der Waals surface area (Å²) >= 11 is 0. The van der Waals surface area contributed by atoms with Gasteiger partial charge in [-0.2, -0.15) is 0 Å². The largest absolute Gasteiger partial charge is 0.491 e. The van der Waals surface area contributed by atoms with Gasteiger partial charge in [0.1, 0.15) is 17.9 Å². The zero-order valence-corrected chi connectivity index (χ0v) is 14.3. The summed E-state index contributed by atoms with van der Waals surface area (Å²) in [6.45, 7) is 0.294. The number of methoxy groups -OCH3 is 1. The number of hydrogen-bond acceptors (Lipinski definition) is 5. The van der Waals surface area contributed by atoms with E-state index in [2.05, 4.69) is 4.98 Å². The fourth-order valence-corrected chi connectivity index (χ4v) is 2.82. The monoisotopic (exact) mass is 339 g/mol. The van der Waals surface area contributed by atoms with Gasteiger partial charge in [-0.3, -0.25) is 0 Å². The second kappa shape index (κ2) is 7.36. The molecule has 0 bridgehead atoms. The zero-order chi connectivity index (χ0) is 17.8. The lowest BCUT2D eigenvalue weighted by atomic mass is 10.1. The number of nitrogens with two attached hydrogens (primary N) is 1. The number of nitrogens with zero attached hydrogens (tertiary/aromatic N) is 2. The van der Waals surface area contributed by atoms with Crippen LogP contribution in [-0.2, 0) is 18.2 Å². The average molecular weight is 339 g/mol. The van der Waals surface area contributed by atoms with Gasteiger partial charge in [0.2, 0.25) is 0 Å². The van der Waals surface area contributed by atoms with E-state index in [1.54, 1.807) is 17.0 Å². The van der Waals surface area contributed by atoms with Crippen molar-refractivity contribution in [2.75, 3.05) is 13.7 Å². The molecule has 0 amide bonds. The molecule has 2 aromatic carbocycles. The molecule has 0 spiro atoms. The number of ether oxygens (including phenoxy) is 2. The molecule has 1 heterocycles. The van der Waals surface area contributed by atoms with E-state index in [1.165, 1.54) is 7.11 Å². The molecule has 1 unspecified atom stereocenters. The van der Waals surface area contributed by atoms with Gasteiger partial charge in [0.25, 0.3) is 0 Å². The summed E-state index contributed by atoms with van der Waals surface area (Å²) in [5.41, 5.74) is 9.08. The van der Waals surface area contributed by atoms with Crippen LogP contribution in [-0.4, -0.2) is 35.3 Å². The van der Waals surface area contributed by atoms with Crippen LogP contribution in [0.15, 0.2) is 48.8 Å². The Hall–Kier alpha value is -2.86. The minimum atomic E-state index is -0.458. The summed E-state index contributed by atoms with van der Waals surface area (Å²) in [7, 11) is 3.18. The van der Waals surface area contributed by atoms with Crippen molar-refractivity contribution in [1.29, 1.82) is 0 Å². The number of carbonyl (C=O) groups excluding carboxylic acids is 1. The van der Waals surface area contributed by atoms with Crippen molar-refractivity contribution in [3.05, 3.63) is 59.9 Å². The summed E-state index contributed by atoms with van der Waals surface area (Å²) in [6, 6.07) is 13.4. The normalized spacial score (nSPS) is 12.1. The highest BCUT2D eigenvalue weighted by atomic mass is 16.5. The molecule has 25 heavy (non-hydrogen) atoms. The molecule has 0 saturated heterocycles. The Morgan fingerprint density at radius 2 is 2.00 bits per heavy atom. The molecule has 3 rings (SSSR count). The number of aromatic nitrogens is 2. The van der Waals surface area contributed by atoms with E-state index >= 15 is 0 Å². The van der Waals surface area contributed by atoms with Crippen molar-refractivity contribution in [3.8, 4) is 5.75 Å². The van der Waals surface area contributed by atoms with Crippen molar-refractivity contribution >= 4 is 17.0 Å². The second-order valence-electron chi connectivity index (χ2n) is 5.91. The van der Waals surface area contributed by atoms with Gasteiger partial charge in [0, 0.05) is 13.1 Å². The van der Waals surface area contributed by atoms with E-state index in [0.717, 1.165) is 5.56 Å². The maximum Gasteiger partial charge on any atom is 0.343 e. The van der Waals surface area contributed by atoms with Crippen molar-refractivity contribution in [2.24, 2.45) is 12.8 Å². The Bertz CT molecular complexity index is 874. The van der Waals surface area contributed by atoms with Crippen LogP contribution in [0.5, 0.6) is 5.75 Å². The van der Waals surface area contributed by atoms with E-state index in [0.29, 0.717) is 35.4 Å². The smallest absolute Gasteiger partial charge is 0.343 e. The van der Waals surface area contributed by atoms with Gasteiger partial charge >= 0.3 is 5.97 Å². The first-order chi connectivity index (χ1) is 12.1. The average Bonchev–Trinajstić information content (AvgIpc) is 3.01. The summed E-state index contributed by atoms with van der Waals surface area (Å²) < 4.78 is 12.6. The molecule has 3 aromatic rings. The fourth-order valence-electron chi connectivity index (χ4n) is 2.82. The third-order valence-corrected chi connectivity index (χ3v) is 4.02. The Labute approximate surface area is 146 Å². The highest BCUT2D eigenvalue weighted by Crippen LogP contribution is 2.28. The van der Waals surface area contributed by atoms with Crippen LogP contribution < -0.4 is 10.5 Å². The van der Waals surface area contributed by atoms with Crippen LogP contribution in [0.4, 0.5) is 0 Å². The highest BCUT2D eigenvalue weighted by Gasteiger charge is 2.21. The fraction of sp³-hybridized carbons (Fsp3) is 0.263.